The number of para-hydroxylation sites is 1. The van der Waals surface area contributed by atoms with Gasteiger partial charge in [-0.1, -0.05) is 32.0 Å². The molecule has 3 nitrogen and oxygen atoms in total. The number of hydrogen-bond donors (Lipinski definition) is 1. The number of anilines is 1. The second-order valence-corrected chi connectivity index (χ2v) is 5.76. The number of likely N-dealkylation sites (tertiary alicyclic amines) is 1. The fourth-order valence-corrected chi connectivity index (χ4v) is 2.21. The fraction of sp³-hybridized carbons (Fsp3) is 0.533. The van der Waals surface area contributed by atoms with Crippen LogP contribution in [0.4, 0.5) is 5.69 Å². The Kier molecular flexibility index (Phi) is 5.67. The second kappa shape index (κ2) is 6.80. The van der Waals surface area contributed by atoms with E-state index in [0.29, 0.717) is 12.0 Å². The molecule has 1 N–H and O–H groups in total. The normalized spacial score (nSPS) is 17.5. The van der Waals surface area contributed by atoms with Crippen molar-refractivity contribution in [1.82, 2.24) is 4.90 Å². The van der Waals surface area contributed by atoms with Crippen molar-refractivity contribution in [1.29, 1.82) is 0 Å². The molecule has 1 heterocycles. The molecule has 4 heteroatoms. The SMILES string of the molecule is CC1(C)CCN(C(=O)CNc2ccccc2)CC1.Cl. The maximum absolute atomic E-state index is 12.0. The molecule has 0 bridgehead atoms. The molecule has 1 aromatic rings. The molecule has 0 aliphatic carbocycles. The number of nitrogens with zero attached hydrogens (tertiary/aromatic N) is 1. The summed E-state index contributed by atoms with van der Waals surface area (Å²) in [5.74, 6) is 0.203. The molecule has 0 atom stereocenters. The maximum atomic E-state index is 12.0. The van der Waals surface area contributed by atoms with Crippen molar-refractivity contribution in [3.05, 3.63) is 30.3 Å². The van der Waals surface area contributed by atoms with Gasteiger partial charge in [-0.2, -0.15) is 0 Å². The Balaban J connectivity index is 0.00000180. The molecule has 106 valence electrons. The molecule has 1 fully saturated rings. The van der Waals surface area contributed by atoms with Gasteiger partial charge >= 0.3 is 0 Å². The zero-order valence-electron chi connectivity index (χ0n) is 11.7. The Morgan fingerprint density at radius 3 is 2.37 bits per heavy atom. The molecule has 1 aliphatic heterocycles. The highest BCUT2D eigenvalue weighted by Gasteiger charge is 2.27. The topological polar surface area (TPSA) is 32.3 Å². The van der Waals surface area contributed by atoms with Crippen LogP contribution in [0.2, 0.25) is 0 Å². The molecule has 0 unspecified atom stereocenters. The number of amides is 1. The van der Waals surface area contributed by atoms with Crippen LogP contribution in [0.5, 0.6) is 0 Å². The van der Waals surface area contributed by atoms with Gasteiger partial charge in [0.05, 0.1) is 6.54 Å². The van der Waals surface area contributed by atoms with E-state index in [1.165, 1.54) is 0 Å². The van der Waals surface area contributed by atoms with Gasteiger partial charge in [0.1, 0.15) is 0 Å². The largest absolute Gasteiger partial charge is 0.376 e. The third kappa shape index (κ3) is 4.75. The van der Waals surface area contributed by atoms with E-state index >= 15 is 0 Å². The van der Waals surface area contributed by atoms with Crippen molar-refractivity contribution in [2.75, 3.05) is 25.0 Å². The lowest BCUT2D eigenvalue weighted by atomic mass is 9.83. The van der Waals surface area contributed by atoms with Gasteiger partial charge in [0.15, 0.2) is 0 Å². The van der Waals surface area contributed by atoms with Gasteiger partial charge in [-0.3, -0.25) is 4.79 Å². The van der Waals surface area contributed by atoms with Gasteiger partial charge in [-0.05, 0) is 30.4 Å². The molecular weight excluding hydrogens is 260 g/mol. The van der Waals surface area contributed by atoms with E-state index in [1.54, 1.807) is 0 Å². The fourth-order valence-electron chi connectivity index (χ4n) is 2.21. The van der Waals surface area contributed by atoms with Crippen LogP contribution in [0.3, 0.4) is 0 Å². The summed E-state index contributed by atoms with van der Waals surface area (Å²) in [6, 6.07) is 9.87. The molecule has 19 heavy (non-hydrogen) atoms. The van der Waals surface area contributed by atoms with Crippen LogP contribution in [0.1, 0.15) is 26.7 Å². The van der Waals surface area contributed by atoms with E-state index in [9.17, 15) is 4.79 Å². The zero-order chi connectivity index (χ0) is 13.0. The van der Waals surface area contributed by atoms with E-state index in [-0.39, 0.29) is 18.3 Å². The first-order valence-corrected chi connectivity index (χ1v) is 6.64. The lowest BCUT2D eigenvalue weighted by Crippen LogP contribution is -2.43. The number of rotatable bonds is 3. The number of benzene rings is 1. The molecule has 0 aromatic heterocycles. The first-order chi connectivity index (χ1) is 8.57. The van der Waals surface area contributed by atoms with E-state index in [4.69, 9.17) is 0 Å². The molecule has 1 aromatic carbocycles. The highest BCUT2D eigenvalue weighted by molar-refractivity contribution is 5.85. The number of piperidine rings is 1. The molecule has 0 spiro atoms. The quantitative estimate of drug-likeness (QED) is 0.924. The Morgan fingerprint density at radius 1 is 1.21 bits per heavy atom. The molecule has 1 amide bonds. The lowest BCUT2D eigenvalue weighted by molar-refractivity contribution is -0.131. The maximum Gasteiger partial charge on any atom is 0.241 e. The minimum absolute atomic E-state index is 0. The van der Waals surface area contributed by atoms with Crippen LogP contribution >= 0.6 is 12.4 Å². The average molecular weight is 283 g/mol. The predicted octanol–water partition coefficient (Wildman–Crippen LogP) is 3.17. The van der Waals surface area contributed by atoms with E-state index < -0.39 is 0 Å². The summed E-state index contributed by atoms with van der Waals surface area (Å²) in [5.41, 5.74) is 1.40. The summed E-state index contributed by atoms with van der Waals surface area (Å²) in [7, 11) is 0. The highest BCUT2D eigenvalue weighted by Crippen LogP contribution is 2.29. The zero-order valence-corrected chi connectivity index (χ0v) is 12.5. The first-order valence-electron chi connectivity index (χ1n) is 6.64. The Morgan fingerprint density at radius 2 is 1.79 bits per heavy atom. The predicted molar refractivity (Wildman–Crippen MR) is 81.8 cm³/mol. The van der Waals surface area contributed by atoms with Crippen molar-refractivity contribution in [3.63, 3.8) is 0 Å². The third-order valence-corrected chi connectivity index (χ3v) is 3.69. The lowest BCUT2D eigenvalue weighted by Gasteiger charge is -2.37. The second-order valence-electron chi connectivity index (χ2n) is 5.76. The standard InChI is InChI=1S/C15H22N2O.ClH/c1-15(2)8-10-17(11-9-15)14(18)12-16-13-6-4-3-5-7-13;/h3-7,16H,8-12H2,1-2H3;1H. The summed E-state index contributed by atoms with van der Waals surface area (Å²) < 4.78 is 0. The van der Waals surface area contributed by atoms with Crippen LogP contribution in [-0.2, 0) is 4.79 Å². The molecule has 1 saturated heterocycles. The number of carbonyl (C=O) groups is 1. The Hall–Kier alpha value is -1.22. The van der Waals surface area contributed by atoms with E-state index in [0.717, 1.165) is 31.6 Å². The smallest absolute Gasteiger partial charge is 0.241 e. The summed E-state index contributed by atoms with van der Waals surface area (Å²) in [4.78, 5) is 14.0. The average Bonchev–Trinajstić information content (AvgIpc) is 2.37. The van der Waals surface area contributed by atoms with Crippen molar-refractivity contribution in [2.24, 2.45) is 5.41 Å². The molecule has 1 aliphatic rings. The molecule has 0 saturated carbocycles. The van der Waals surface area contributed by atoms with Gasteiger partial charge in [0.2, 0.25) is 5.91 Å². The van der Waals surface area contributed by atoms with Crippen LogP contribution < -0.4 is 5.32 Å². The van der Waals surface area contributed by atoms with Crippen LogP contribution in [-0.4, -0.2) is 30.4 Å². The number of halogens is 1. The van der Waals surface area contributed by atoms with Crippen molar-refractivity contribution in [3.8, 4) is 0 Å². The Bertz CT molecular complexity index is 396. The number of hydrogen-bond acceptors (Lipinski definition) is 2. The molecule has 0 radical (unpaired) electrons. The number of nitrogens with one attached hydrogen (secondary N) is 1. The van der Waals surface area contributed by atoms with E-state index in [2.05, 4.69) is 19.2 Å². The van der Waals surface area contributed by atoms with E-state index in [1.807, 2.05) is 35.2 Å². The van der Waals surface area contributed by atoms with Crippen LogP contribution in [0.25, 0.3) is 0 Å². The summed E-state index contributed by atoms with van der Waals surface area (Å²) in [6.07, 6.45) is 2.20. The highest BCUT2D eigenvalue weighted by atomic mass is 35.5. The van der Waals surface area contributed by atoms with Crippen molar-refractivity contribution in [2.45, 2.75) is 26.7 Å². The monoisotopic (exact) mass is 282 g/mol. The van der Waals surface area contributed by atoms with Crippen LogP contribution in [0.15, 0.2) is 30.3 Å². The minimum atomic E-state index is 0. The third-order valence-electron chi connectivity index (χ3n) is 3.69. The van der Waals surface area contributed by atoms with Crippen molar-refractivity contribution >= 4 is 24.0 Å². The molecule has 2 rings (SSSR count). The summed E-state index contributed by atoms with van der Waals surface area (Å²) >= 11 is 0. The minimum Gasteiger partial charge on any atom is -0.376 e. The van der Waals surface area contributed by atoms with Gasteiger partial charge in [0.25, 0.3) is 0 Å². The van der Waals surface area contributed by atoms with Gasteiger partial charge in [-0.25, -0.2) is 0 Å². The van der Waals surface area contributed by atoms with Gasteiger partial charge in [-0.15, -0.1) is 12.4 Å². The molecular formula is C15H23ClN2O. The van der Waals surface area contributed by atoms with Crippen LogP contribution in [0, 0.1) is 5.41 Å². The van der Waals surface area contributed by atoms with Gasteiger partial charge < -0.3 is 10.2 Å². The first kappa shape index (κ1) is 15.8. The van der Waals surface area contributed by atoms with Crippen molar-refractivity contribution < 1.29 is 4.79 Å². The summed E-state index contributed by atoms with van der Waals surface area (Å²) in [5, 5.41) is 3.17. The van der Waals surface area contributed by atoms with Gasteiger partial charge in [0, 0.05) is 18.8 Å². The number of carbonyl (C=O) groups excluding carboxylic acids is 1. The Labute approximate surface area is 121 Å². The summed E-state index contributed by atoms with van der Waals surface area (Å²) in [6.45, 7) is 6.73.